The Morgan fingerprint density at radius 1 is 0.895 bits per heavy atom. The molecule has 19 heavy (non-hydrogen) atoms. The van der Waals surface area contributed by atoms with Gasteiger partial charge in [-0.05, 0) is 11.6 Å². The van der Waals surface area contributed by atoms with E-state index < -0.39 is 0 Å². The molecule has 1 aliphatic rings. The summed E-state index contributed by atoms with van der Waals surface area (Å²) < 4.78 is 0. The average Bonchev–Trinajstić information content (AvgIpc) is 2.39. The van der Waals surface area contributed by atoms with Gasteiger partial charge < -0.3 is 15.8 Å². The number of para-hydroxylation sites is 1. The standard InChI is InChI=1S/C14H13BO2.2H2O/c15-13-7-3-1-5-10(13)12-9-16-17-14-8-4-2-6-11(12)14;;/h1-8,12H,9,15H2;2*1H2. The maximum Gasteiger partial charge on any atom is 0.169 e. The van der Waals surface area contributed by atoms with Crippen LogP contribution in [0.25, 0.3) is 0 Å². The molecule has 0 saturated carbocycles. The van der Waals surface area contributed by atoms with E-state index in [4.69, 9.17) is 9.78 Å². The van der Waals surface area contributed by atoms with Crippen LogP contribution in [0.1, 0.15) is 17.0 Å². The quantitative estimate of drug-likeness (QED) is 0.523. The topological polar surface area (TPSA) is 81.5 Å². The molecule has 0 radical (unpaired) electrons. The van der Waals surface area contributed by atoms with E-state index >= 15 is 0 Å². The number of fused-ring (bicyclic) bond motifs is 1. The van der Waals surface area contributed by atoms with Gasteiger partial charge in [-0.15, -0.1) is 0 Å². The Morgan fingerprint density at radius 2 is 1.53 bits per heavy atom. The molecule has 0 amide bonds. The molecule has 0 saturated heterocycles. The minimum absolute atomic E-state index is 0. The van der Waals surface area contributed by atoms with Gasteiger partial charge in [-0.1, -0.05) is 47.9 Å². The molecular weight excluding hydrogens is 243 g/mol. The third-order valence-corrected chi connectivity index (χ3v) is 3.24. The summed E-state index contributed by atoms with van der Waals surface area (Å²) in [7, 11) is 2.13. The SMILES string of the molecule is Bc1ccccc1C1COOc2ccccc21.O.O. The van der Waals surface area contributed by atoms with Crippen molar-refractivity contribution in [3.05, 3.63) is 59.7 Å². The van der Waals surface area contributed by atoms with Crippen molar-refractivity contribution in [1.29, 1.82) is 0 Å². The average molecular weight is 260 g/mol. The van der Waals surface area contributed by atoms with E-state index in [-0.39, 0.29) is 16.9 Å². The molecule has 0 spiro atoms. The van der Waals surface area contributed by atoms with Crippen molar-refractivity contribution in [2.24, 2.45) is 0 Å². The molecule has 5 heteroatoms. The van der Waals surface area contributed by atoms with Crippen LogP contribution in [0.15, 0.2) is 48.5 Å². The molecule has 0 aliphatic carbocycles. The number of benzene rings is 2. The van der Waals surface area contributed by atoms with E-state index in [1.165, 1.54) is 16.6 Å². The fourth-order valence-electron chi connectivity index (χ4n) is 2.33. The van der Waals surface area contributed by atoms with Gasteiger partial charge in [0.05, 0.1) is 0 Å². The summed E-state index contributed by atoms with van der Waals surface area (Å²) in [6, 6.07) is 16.5. The first kappa shape index (κ1) is 15.2. The van der Waals surface area contributed by atoms with Crippen molar-refractivity contribution in [2.75, 3.05) is 6.61 Å². The zero-order chi connectivity index (χ0) is 11.7. The molecule has 4 nitrogen and oxygen atoms in total. The van der Waals surface area contributed by atoms with Crippen LogP contribution in [0.2, 0.25) is 0 Å². The van der Waals surface area contributed by atoms with E-state index in [9.17, 15) is 0 Å². The van der Waals surface area contributed by atoms with Gasteiger partial charge in [0.25, 0.3) is 0 Å². The molecule has 0 fully saturated rings. The lowest BCUT2D eigenvalue weighted by molar-refractivity contribution is -0.218. The predicted molar refractivity (Wildman–Crippen MR) is 76.7 cm³/mol. The van der Waals surface area contributed by atoms with Crippen LogP contribution < -0.4 is 10.4 Å². The summed E-state index contributed by atoms with van der Waals surface area (Å²) in [4.78, 5) is 10.4. The highest BCUT2D eigenvalue weighted by molar-refractivity contribution is 6.33. The molecule has 1 aliphatic heterocycles. The third kappa shape index (κ3) is 2.79. The monoisotopic (exact) mass is 260 g/mol. The molecule has 2 aromatic rings. The normalized spacial score (nSPS) is 16.3. The van der Waals surface area contributed by atoms with Gasteiger partial charge in [-0.2, -0.15) is 4.89 Å². The lowest BCUT2D eigenvalue weighted by Crippen LogP contribution is -2.23. The Hall–Kier alpha value is -1.82. The van der Waals surface area contributed by atoms with E-state index in [1.54, 1.807) is 0 Å². The summed E-state index contributed by atoms with van der Waals surface area (Å²) in [6.07, 6.45) is 0. The van der Waals surface area contributed by atoms with E-state index in [1.807, 2.05) is 18.2 Å². The van der Waals surface area contributed by atoms with Crippen LogP contribution in [0.4, 0.5) is 0 Å². The van der Waals surface area contributed by atoms with Crippen molar-refractivity contribution in [2.45, 2.75) is 5.92 Å². The van der Waals surface area contributed by atoms with Crippen LogP contribution in [0, 0.1) is 0 Å². The molecule has 0 aromatic heterocycles. The van der Waals surface area contributed by atoms with Crippen molar-refractivity contribution in [3.8, 4) is 5.75 Å². The second kappa shape index (κ2) is 6.38. The minimum Gasteiger partial charge on any atom is -0.412 e. The van der Waals surface area contributed by atoms with Crippen LogP contribution in [-0.2, 0) is 4.89 Å². The first-order chi connectivity index (χ1) is 8.36. The fraction of sp³-hybridized carbons (Fsp3) is 0.143. The largest absolute Gasteiger partial charge is 0.412 e. The summed E-state index contributed by atoms with van der Waals surface area (Å²) >= 11 is 0. The van der Waals surface area contributed by atoms with Crippen molar-refractivity contribution >= 4 is 13.3 Å². The summed E-state index contributed by atoms with van der Waals surface area (Å²) in [5.74, 6) is 1.09. The summed E-state index contributed by atoms with van der Waals surface area (Å²) in [6.45, 7) is 0.571. The Balaban J connectivity index is 0.000000902. The maximum atomic E-state index is 5.22. The molecular formula is C14H17BO4. The Bertz CT molecular complexity index is 544. The Labute approximate surface area is 112 Å². The number of hydrogen-bond acceptors (Lipinski definition) is 2. The Morgan fingerprint density at radius 3 is 2.26 bits per heavy atom. The highest BCUT2D eigenvalue weighted by atomic mass is 17.2. The van der Waals surface area contributed by atoms with Crippen LogP contribution in [-0.4, -0.2) is 25.4 Å². The molecule has 0 bridgehead atoms. The van der Waals surface area contributed by atoms with Gasteiger partial charge in [-0.3, -0.25) is 0 Å². The zero-order valence-corrected chi connectivity index (χ0v) is 10.7. The molecule has 4 N–H and O–H groups in total. The smallest absolute Gasteiger partial charge is 0.169 e. The lowest BCUT2D eigenvalue weighted by atomic mass is 9.81. The maximum absolute atomic E-state index is 5.22. The number of hydrogen-bond donors (Lipinski definition) is 0. The Kier molecular flexibility index (Phi) is 5.12. The second-order valence-corrected chi connectivity index (χ2v) is 4.31. The van der Waals surface area contributed by atoms with Crippen LogP contribution in [0.5, 0.6) is 5.75 Å². The molecule has 2 aromatic carbocycles. The fourth-order valence-corrected chi connectivity index (χ4v) is 2.33. The van der Waals surface area contributed by atoms with Gasteiger partial charge in [0, 0.05) is 11.5 Å². The molecule has 1 unspecified atom stereocenters. The van der Waals surface area contributed by atoms with Crippen molar-refractivity contribution in [3.63, 3.8) is 0 Å². The highest BCUT2D eigenvalue weighted by Gasteiger charge is 2.24. The van der Waals surface area contributed by atoms with Crippen LogP contribution in [0.3, 0.4) is 0 Å². The van der Waals surface area contributed by atoms with Gasteiger partial charge in [0.1, 0.15) is 14.5 Å². The minimum atomic E-state index is 0. The first-order valence-electron chi connectivity index (χ1n) is 5.80. The lowest BCUT2D eigenvalue weighted by Gasteiger charge is -2.25. The van der Waals surface area contributed by atoms with Gasteiger partial charge in [-0.25, -0.2) is 0 Å². The molecule has 3 rings (SSSR count). The first-order valence-corrected chi connectivity index (χ1v) is 5.80. The van der Waals surface area contributed by atoms with Gasteiger partial charge in [0.2, 0.25) is 0 Å². The molecule has 100 valence electrons. The van der Waals surface area contributed by atoms with Gasteiger partial charge >= 0.3 is 0 Å². The van der Waals surface area contributed by atoms with E-state index in [2.05, 4.69) is 38.2 Å². The highest BCUT2D eigenvalue weighted by Crippen LogP contribution is 2.34. The third-order valence-electron chi connectivity index (χ3n) is 3.24. The summed E-state index contributed by atoms with van der Waals surface area (Å²) in [5.41, 5.74) is 3.80. The van der Waals surface area contributed by atoms with E-state index in [0.717, 1.165) is 5.75 Å². The predicted octanol–water partition coefficient (Wildman–Crippen LogP) is -0.248. The second-order valence-electron chi connectivity index (χ2n) is 4.31. The zero-order valence-electron chi connectivity index (χ0n) is 10.7. The molecule has 1 heterocycles. The van der Waals surface area contributed by atoms with Gasteiger partial charge in [0.15, 0.2) is 5.75 Å². The van der Waals surface area contributed by atoms with Crippen molar-refractivity contribution < 1.29 is 20.7 Å². The summed E-state index contributed by atoms with van der Waals surface area (Å²) in [5, 5.41) is 0. The van der Waals surface area contributed by atoms with Crippen LogP contribution >= 0.6 is 0 Å². The molecule has 1 atom stereocenters. The van der Waals surface area contributed by atoms with E-state index in [0.29, 0.717) is 6.61 Å². The number of rotatable bonds is 1. The van der Waals surface area contributed by atoms with Crippen molar-refractivity contribution in [1.82, 2.24) is 0 Å².